The molecule has 0 fully saturated rings. The number of fused-ring (bicyclic) bond motifs is 6. The number of benzene rings is 5. The summed E-state index contributed by atoms with van der Waals surface area (Å²) in [4.78, 5) is 4.50. The molecule has 0 aliphatic carbocycles. The Morgan fingerprint density at radius 3 is 1.80 bits per heavy atom. The molecule has 0 radical (unpaired) electrons. The van der Waals surface area contributed by atoms with Crippen LogP contribution in [0.1, 0.15) is 52.7 Å². The second kappa shape index (κ2) is 9.84. The molecule has 6 aromatic rings. The van der Waals surface area contributed by atoms with Gasteiger partial charge in [-0.15, -0.1) is 0 Å². The van der Waals surface area contributed by atoms with Crippen molar-refractivity contribution in [2.75, 3.05) is 0 Å². The van der Waals surface area contributed by atoms with Gasteiger partial charge < -0.3 is 9.47 Å². The van der Waals surface area contributed by atoms with Crippen LogP contribution in [0.15, 0.2) is 109 Å². The average molecular weight is 586 g/mol. The van der Waals surface area contributed by atoms with Gasteiger partial charge in [0.05, 0.1) is 5.69 Å². The summed E-state index contributed by atoms with van der Waals surface area (Å²) in [6.45, 7) is 13.6. The molecule has 4 heteroatoms. The molecule has 0 saturated heterocycles. The van der Waals surface area contributed by atoms with Gasteiger partial charge in [-0.3, -0.25) is 4.98 Å². The highest BCUT2D eigenvalue weighted by Crippen LogP contribution is 2.42. The zero-order valence-electron chi connectivity index (χ0n) is 26.7. The van der Waals surface area contributed by atoms with Gasteiger partial charge in [0, 0.05) is 22.6 Å². The normalized spacial score (nSPS) is 13.4. The van der Waals surface area contributed by atoms with E-state index in [1.165, 1.54) is 22.1 Å². The number of ether oxygens (including phenoxy) is 2. The van der Waals surface area contributed by atoms with Gasteiger partial charge in [0.25, 0.3) is 6.71 Å². The summed E-state index contributed by atoms with van der Waals surface area (Å²) in [6.07, 6.45) is 1.83. The Hall–Kier alpha value is -4.83. The highest BCUT2D eigenvalue weighted by Gasteiger charge is 2.42. The van der Waals surface area contributed by atoms with Crippen molar-refractivity contribution in [2.45, 2.75) is 52.4 Å². The van der Waals surface area contributed by atoms with Crippen molar-refractivity contribution in [1.82, 2.24) is 4.98 Å². The van der Waals surface area contributed by atoms with E-state index >= 15 is 0 Å². The SMILES string of the molecule is CC(C)(C)c1ccc2c(c1)B1c3cc(C(C)(C)C)ccc3Oc3c1c(cc1cc(-c4ccc(-c5ccccn5)cc4)ccc31)O2. The number of pyridine rings is 1. The lowest BCUT2D eigenvalue weighted by Crippen LogP contribution is -2.57. The maximum atomic E-state index is 6.84. The second-order valence-corrected chi connectivity index (χ2v) is 14.5. The second-order valence-electron chi connectivity index (χ2n) is 14.5. The van der Waals surface area contributed by atoms with Crippen LogP contribution in [-0.2, 0) is 10.8 Å². The highest BCUT2D eigenvalue weighted by atomic mass is 16.5. The first kappa shape index (κ1) is 27.7. The van der Waals surface area contributed by atoms with Gasteiger partial charge in [-0.05, 0) is 85.8 Å². The Morgan fingerprint density at radius 2 is 1.18 bits per heavy atom. The van der Waals surface area contributed by atoms with Crippen molar-refractivity contribution in [3.8, 4) is 45.4 Å². The molecule has 0 saturated carbocycles. The minimum absolute atomic E-state index is 0.0228. The summed E-state index contributed by atoms with van der Waals surface area (Å²) in [5.41, 5.74) is 10.6. The Morgan fingerprint density at radius 1 is 0.556 bits per heavy atom. The molecule has 220 valence electrons. The Kier molecular flexibility index (Phi) is 6.06. The van der Waals surface area contributed by atoms with Crippen molar-refractivity contribution in [1.29, 1.82) is 0 Å². The van der Waals surface area contributed by atoms with Crippen LogP contribution in [0.2, 0.25) is 0 Å². The molecular weight excluding hydrogens is 549 g/mol. The number of hydrogen-bond acceptors (Lipinski definition) is 3. The maximum absolute atomic E-state index is 6.84. The van der Waals surface area contributed by atoms with Gasteiger partial charge in [-0.2, -0.15) is 0 Å². The van der Waals surface area contributed by atoms with E-state index in [1.807, 2.05) is 24.4 Å². The van der Waals surface area contributed by atoms with Crippen molar-refractivity contribution in [2.24, 2.45) is 0 Å². The summed E-state index contributed by atoms with van der Waals surface area (Å²) in [5.74, 6) is 3.60. The Balaban J connectivity index is 1.29. The van der Waals surface area contributed by atoms with Crippen LogP contribution in [-0.4, -0.2) is 11.7 Å². The summed E-state index contributed by atoms with van der Waals surface area (Å²) >= 11 is 0. The number of hydrogen-bond donors (Lipinski definition) is 0. The molecule has 5 aromatic carbocycles. The zero-order chi connectivity index (χ0) is 31.1. The van der Waals surface area contributed by atoms with Crippen LogP contribution in [0.3, 0.4) is 0 Å². The molecule has 3 nitrogen and oxygen atoms in total. The average Bonchev–Trinajstić information content (AvgIpc) is 3.03. The predicted molar refractivity (Wildman–Crippen MR) is 188 cm³/mol. The quantitative estimate of drug-likeness (QED) is 0.190. The molecule has 2 aliphatic rings. The van der Waals surface area contributed by atoms with Gasteiger partial charge in [0.2, 0.25) is 0 Å². The number of nitrogens with zero attached hydrogens (tertiary/aromatic N) is 1. The summed E-state index contributed by atoms with van der Waals surface area (Å²) in [6, 6.07) is 36.9. The Labute approximate surface area is 266 Å². The lowest BCUT2D eigenvalue weighted by atomic mass is 9.34. The number of rotatable bonds is 2. The monoisotopic (exact) mass is 585 g/mol. The lowest BCUT2D eigenvalue weighted by molar-refractivity contribution is 0.467. The van der Waals surface area contributed by atoms with E-state index < -0.39 is 0 Å². The molecule has 8 rings (SSSR count). The predicted octanol–water partition coefficient (Wildman–Crippen LogP) is 8.89. The molecule has 0 N–H and O–H groups in total. The highest BCUT2D eigenvalue weighted by molar-refractivity contribution is 6.98. The molecule has 0 atom stereocenters. The third-order valence-corrected chi connectivity index (χ3v) is 9.37. The van der Waals surface area contributed by atoms with E-state index in [2.05, 4.69) is 131 Å². The van der Waals surface area contributed by atoms with Crippen LogP contribution < -0.4 is 25.9 Å². The van der Waals surface area contributed by atoms with Gasteiger partial charge in [0.15, 0.2) is 0 Å². The van der Waals surface area contributed by atoms with Gasteiger partial charge >= 0.3 is 0 Å². The third-order valence-electron chi connectivity index (χ3n) is 9.37. The smallest absolute Gasteiger partial charge is 0.260 e. The van der Waals surface area contributed by atoms with Crippen molar-refractivity contribution >= 4 is 33.9 Å². The van der Waals surface area contributed by atoms with E-state index in [4.69, 9.17) is 9.47 Å². The largest absolute Gasteiger partial charge is 0.458 e. The molecule has 2 aliphatic heterocycles. The maximum Gasteiger partial charge on any atom is 0.260 e. The minimum atomic E-state index is 0.0228. The van der Waals surface area contributed by atoms with Gasteiger partial charge in [-0.1, -0.05) is 108 Å². The van der Waals surface area contributed by atoms with Gasteiger partial charge in [-0.25, -0.2) is 0 Å². The van der Waals surface area contributed by atoms with Crippen LogP contribution in [0, 0.1) is 0 Å². The first-order chi connectivity index (χ1) is 21.5. The van der Waals surface area contributed by atoms with Crippen LogP contribution in [0.25, 0.3) is 33.2 Å². The molecule has 0 amide bonds. The molecule has 45 heavy (non-hydrogen) atoms. The van der Waals surface area contributed by atoms with Gasteiger partial charge in [0.1, 0.15) is 23.0 Å². The fourth-order valence-corrected chi connectivity index (χ4v) is 6.75. The molecule has 1 aromatic heterocycles. The third kappa shape index (κ3) is 4.63. The Bertz CT molecular complexity index is 2090. The minimum Gasteiger partial charge on any atom is -0.458 e. The zero-order valence-corrected chi connectivity index (χ0v) is 26.7. The lowest BCUT2D eigenvalue weighted by Gasteiger charge is -2.35. The topological polar surface area (TPSA) is 31.4 Å². The molecule has 0 spiro atoms. The van der Waals surface area contributed by atoms with Crippen LogP contribution >= 0.6 is 0 Å². The van der Waals surface area contributed by atoms with E-state index in [0.29, 0.717) is 0 Å². The van der Waals surface area contributed by atoms with Crippen molar-refractivity contribution in [3.05, 3.63) is 120 Å². The number of aromatic nitrogens is 1. The first-order valence-electron chi connectivity index (χ1n) is 15.8. The molecule has 0 bridgehead atoms. The fourth-order valence-electron chi connectivity index (χ4n) is 6.75. The molecule has 3 heterocycles. The van der Waals surface area contributed by atoms with Crippen LogP contribution in [0.5, 0.6) is 23.0 Å². The van der Waals surface area contributed by atoms with E-state index in [1.54, 1.807) is 0 Å². The first-order valence-corrected chi connectivity index (χ1v) is 15.8. The van der Waals surface area contributed by atoms with E-state index in [0.717, 1.165) is 61.6 Å². The van der Waals surface area contributed by atoms with Crippen molar-refractivity contribution in [3.63, 3.8) is 0 Å². The van der Waals surface area contributed by atoms with Crippen molar-refractivity contribution < 1.29 is 9.47 Å². The van der Waals surface area contributed by atoms with E-state index in [-0.39, 0.29) is 17.5 Å². The fraction of sp³-hybridized carbons (Fsp3) is 0.195. The summed E-state index contributed by atoms with van der Waals surface area (Å²) in [7, 11) is 0. The molecule has 0 unspecified atom stereocenters. The summed E-state index contributed by atoms with van der Waals surface area (Å²) < 4.78 is 13.6. The summed E-state index contributed by atoms with van der Waals surface area (Å²) in [5, 5.41) is 2.19. The molecular formula is C41H36BNO2. The standard InChI is InChI=1S/C41H36BNO2/c1-40(2,3)29-15-18-35-32(23-29)42-33-24-30(41(4,5)6)16-19-36(33)45-39-31-17-14-27(21-28(31)22-37(44-35)38(39)42)25-10-12-26(13-11-25)34-9-7-8-20-43-34/h7-24H,1-6H3. The van der Waals surface area contributed by atoms with Crippen LogP contribution in [0.4, 0.5) is 0 Å². The van der Waals surface area contributed by atoms with E-state index in [9.17, 15) is 0 Å².